The van der Waals surface area contributed by atoms with Crippen molar-refractivity contribution in [1.82, 2.24) is 29.8 Å². The first-order chi connectivity index (χ1) is 15.1. The van der Waals surface area contributed by atoms with Crippen LogP contribution in [0.15, 0.2) is 30.6 Å². The summed E-state index contributed by atoms with van der Waals surface area (Å²) in [4.78, 5) is 24.0. The summed E-state index contributed by atoms with van der Waals surface area (Å²) in [6.45, 7) is 6.54. The van der Waals surface area contributed by atoms with Gasteiger partial charge in [-0.2, -0.15) is 10.1 Å². The standard InChI is InChI=1S/C23H30N6O2/c1-16-20(17(2)29-23(27-16)25-15-26-29)13-22(30)24-14-21(28-11-5-4-6-12-28)18-7-9-19(31-3)10-8-18/h7-10,15,21H,4-6,11-14H2,1-3H3,(H,24,30). The molecule has 3 heterocycles. The summed E-state index contributed by atoms with van der Waals surface area (Å²) in [5.41, 5.74) is 3.81. The molecule has 0 spiro atoms. The zero-order valence-corrected chi connectivity index (χ0v) is 18.5. The van der Waals surface area contributed by atoms with Crippen molar-refractivity contribution in [3.63, 3.8) is 0 Å². The van der Waals surface area contributed by atoms with Gasteiger partial charge in [0.1, 0.15) is 12.1 Å². The van der Waals surface area contributed by atoms with Gasteiger partial charge in [0.05, 0.1) is 19.6 Å². The minimum Gasteiger partial charge on any atom is -0.497 e. The van der Waals surface area contributed by atoms with E-state index in [0.29, 0.717) is 12.3 Å². The summed E-state index contributed by atoms with van der Waals surface area (Å²) < 4.78 is 6.99. The summed E-state index contributed by atoms with van der Waals surface area (Å²) in [5.74, 6) is 1.39. The Bertz CT molecular complexity index is 1040. The van der Waals surface area contributed by atoms with E-state index in [-0.39, 0.29) is 18.4 Å². The van der Waals surface area contributed by atoms with Crippen molar-refractivity contribution in [3.8, 4) is 5.75 Å². The van der Waals surface area contributed by atoms with Gasteiger partial charge >= 0.3 is 0 Å². The minimum atomic E-state index is -0.0111. The fraction of sp³-hybridized carbons (Fsp3) is 0.478. The van der Waals surface area contributed by atoms with E-state index in [4.69, 9.17) is 4.74 Å². The van der Waals surface area contributed by atoms with Crippen LogP contribution in [-0.2, 0) is 11.2 Å². The van der Waals surface area contributed by atoms with Gasteiger partial charge in [-0.15, -0.1) is 0 Å². The van der Waals surface area contributed by atoms with Gasteiger partial charge in [0, 0.05) is 23.5 Å². The lowest BCUT2D eigenvalue weighted by Crippen LogP contribution is -2.41. The predicted octanol–water partition coefficient (Wildman–Crippen LogP) is 2.64. The monoisotopic (exact) mass is 422 g/mol. The molecular weight excluding hydrogens is 392 g/mol. The number of nitrogens with one attached hydrogen (secondary N) is 1. The number of fused-ring (bicyclic) bond motifs is 1. The Labute approximate surface area is 182 Å². The average Bonchev–Trinajstić information content (AvgIpc) is 3.26. The SMILES string of the molecule is COc1ccc(C(CNC(=O)Cc2c(C)nc3ncnn3c2C)N2CCCCC2)cc1. The second kappa shape index (κ2) is 9.43. The third-order valence-electron chi connectivity index (χ3n) is 6.15. The largest absolute Gasteiger partial charge is 0.497 e. The second-order valence-corrected chi connectivity index (χ2v) is 8.10. The number of hydrogen-bond donors (Lipinski definition) is 1. The highest BCUT2D eigenvalue weighted by Gasteiger charge is 2.23. The lowest BCUT2D eigenvalue weighted by atomic mass is 10.0. The molecule has 1 unspecified atom stereocenters. The van der Waals surface area contributed by atoms with Gasteiger partial charge in [-0.25, -0.2) is 9.50 Å². The van der Waals surface area contributed by atoms with Gasteiger partial charge in [-0.05, 0) is 57.5 Å². The smallest absolute Gasteiger partial charge is 0.252 e. The molecule has 8 nitrogen and oxygen atoms in total. The van der Waals surface area contributed by atoms with Crippen LogP contribution in [0.1, 0.15) is 47.8 Å². The molecule has 31 heavy (non-hydrogen) atoms. The molecule has 1 atom stereocenters. The zero-order valence-electron chi connectivity index (χ0n) is 18.5. The first kappa shape index (κ1) is 21.2. The van der Waals surface area contributed by atoms with Crippen LogP contribution in [0.2, 0.25) is 0 Å². The normalized spacial score (nSPS) is 15.7. The quantitative estimate of drug-likeness (QED) is 0.630. The van der Waals surface area contributed by atoms with Gasteiger partial charge < -0.3 is 10.1 Å². The number of likely N-dealkylation sites (tertiary alicyclic amines) is 1. The molecule has 1 fully saturated rings. The molecule has 1 aromatic carbocycles. The van der Waals surface area contributed by atoms with Crippen LogP contribution >= 0.6 is 0 Å². The molecule has 1 aliphatic rings. The molecular formula is C23H30N6O2. The van der Waals surface area contributed by atoms with Crippen molar-refractivity contribution in [2.24, 2.45) is 0 Å². The molecule has 4 rings (SSSR count). The number of amides is 1. The molecule has 1 amide bonds. The molecule has 0 saturated carbocycles. The predicted molar refractivity (Wildman–Crippen MR) is 118 cm³/mol. The topological polar surface area (TPSA) is 84.6 Å². The zero-order chi connectivity index (χ0) is 21.8. The molecule has 1 saturated heterocycles. The molecule has 3 aromatic rings. The van der Waals surface area contributed by atoms with Crippen LogP contribution in [-0.4, -0.2) is 57.1 Å². The molecule has 2 aromatic heterocycles. The first-order valence-corrected chi connectivity index (χ1v) is 10.9. The van der Waals surface area contributed by atoms with E-state index >= 15 is 0 Å². The minimum absolute atomic E-state index is 0.0111. The molecule has 1 aliphatic heterocycles. The third kappa shape index (κ3) is 4.69. The van der Waals surface area contributed by atoms with Crippen LogP contribution < -0.4 is 10.1 Å². The Morgan fingerprint density at radius 2 is 1.90 bits per heavy atom. The Hall–Kier alpha value is -3.00. The van der Waals surface area contributed by atoms with E-state index in [1.807, 2.05) is 26.0 Å². The summed E-state index contributed by atoms with van der Waals surface area (Å²) >= 11 is 0. The maximum Gasteiger partial charge on any atom is 0.252 e. The highest BCUT2D eigenvalue weighted by molar-refractivity contribution is 5.79. The number of aryl methyl sites for hydroxylation is 2. The number of benzene rings is 1. The van der Waals surface area contributed by atoms with E-state index in [1.165, 1.54) is 31.2 Å². The van der Waals surface area contributed by atoms with Gasteiger partial charge in [0.25, 0.3) is 5.78 Å². The van der Waals surface area contributed by atoms with E-state index in [0.717, 1.165) is 35.8 Å². The van der Waals surface area contributed by atoms with Gasteiger partial charge in [0.2, 0.25) is 5.91 Å². The Morgan fingerprint density at radius 1 is 1.16 bits per heavy atom. The highest BCUT2D eigenvalue weighted by atomic mass is 16.5. The summed E-state index contributed by atoms with van der Waals surface area (Å²) in [6.07, 6.45) is 5.42. The van der Waals surface area contributed by atoms with Crippen molar-refractivity contribution in [2.75, 3.05) is 26.7 Å². The number of carbonyl (C=O) groups is 1. The number of rotatable bonds is 7. The number of methoxy groups -OCH3 is 1. The van der Waals surface area contributed by atoms with Crippen LogP contribution in [0, 0.1) is 13.8 Å². The molecule has 164 valence electrons. The van der Waals surface area contributed by atoms with Crippen molar-refractivity contribution >= 4 is 11.7 Å². The second-order valence-electron chi connectivity index (χ2n) is 8.10. The van der Waals surface area contributed by atoms with Crippen molar-refractivity contribution in [2.45, 2.75) is 45.6 Å². The van der Waals surface area contributed by atoms with Gasteiger partial charge in [0.15, 0.2) is 0 Å². The number of ether oxygens (including phenoxy) is 1. The number of hydrogen-bond acceptors (Lipinski definition) is 6. The lowest BCUT2D eigenvalue weighted by Gasteiger charge is -2.35. The van der Waals surface area contributed by atoms with Gasteiger partial charge in [-0.1, -0.05) is 18.6 Å². The maximum absolute atomic E-state index is 12.9. The number of carbonyl (C=O) groups excluding carboxylic acids is 1. The van der Waals surface area contributed by atoms with E-state index in [2.05, 4.69) is 37.4 Å². The Morgan fingerprint density at radius 3 is 2.61 bits per heavy atom. The molecule has 0 radical (unpaired) electrons. The number of piperidine rings is 1. The van der Waals surface area contributed by atoms with Crippen molar-refractivity contribution < 1.29 is 9.53 Å². The Balaban J connectivity index is 1.48. The molecule has 8 heteroatoms. The summed E-state index contributed by atoms with van der Waals surface area (Å²) in [7, 11) is 1.67. The fourth-order valence-electron chi connectivity index (χ4n) is 4.36. The van der Waals surface area contributed by atoms with Crippen LogP contribution in [0.25, 0.3) is 5.78 Å². The fourth-order valence-corrected chi connectivity index (χ4v) is 4.36. The first-order valence-electron chi connectivity index (χ1n) is 10.9. The number of aromatic nitrogens is 4. The summed E-state index contributed by atoms with van der Waals surface area (Å²) in [6, 6.07) is 8.32. The van der Waals surface area contributed by atoms with E-state index < -0.39 is 0 Å². The molecule has 0 bridgehead atoms. The van der Waals surface area contributed by atoms with Gasteiger partial charge in [-0.3, -0.25) is 9.69 Å². The number of nitrogens with zero attached hydrogens (tertiary/aromatic N) is 5. The third-order valence-corrected chi connectivity index (χ3v) is 6.15. The lowest BCUT2D eigenvalue weighted by molar-refractivity contribution is -0.120. The Kier molecular flexibility index (Phi) is 6.46. The maximum atomic E-state index is 12.9. The van der Waals surface area contributed by atoms with Crippen LogP contribution in [0.5, 0.6) is 5.75 Å². The van der Waals surface area contributed by atoms with E-state index in [1.54, 1.807) is 11.6 Å². The van der Waals surface area contributed by atoms with E-state index in [9.17, 15) is 4.79 Å². The molecule has 0 aliphatic carbocycles. The van der Waals surface area contributed by atoms with Crippen LogP contribution in [0.4, 0.5) is 0 Å². The van der Waals surface area contributed by atoms with Crippen molar-refractivity contribution in [1.29, 1.82) is 0 Å². The van der Waals surface area contributed by atoms with Crippen molar-refractivity contribution in [3.05, 3.63) is 53.1 Å². The summed E-state index contributed by atoms with van der Waals surface area (Å²) in [5, 5.41) is 7.38. The average molecular weight is 423 g/mol. The highest BCUT2D eigenvalue weighted by Crippen LogP contribution is 2.26. The van der Waals surface area contributed by atoms with Crippen LogP contribution in [0.3, 0.4) is 0 Å². The molecule has 1 N–H and O–H groups in total.